The maximum absolute atomic E-state index is 13.9. The molecule has 3 atom stereocenters. The molecular weight excluding hydrogens is 414 g/mol. The molecule has 1 N–H and O–H groups in total. The van der Waals surface area contributed by atoms with Gasteiger partial charge in [-0.3, -0.25) is 9.59 Å². The summed E-state index contributed by atoms with van der Waals surface area (Å²) in [4.78, 5) is 29.0. The second-order valence-corrected chi connectivity index (χ2v) is 10.7. The van der Waals surface area contributed by atoms with Gasteiger partial charge in [0.25, 0.3) is 5.91 Å². The van der Waals surface area contributed by atoms with Crippen molar-refractivity contribution in [3.05, 3.63) is 65.4 Å². The van der Waals surface area contributed by atoms with Crippen molar-refractivity contribution in [1.29, 1.82) is 0 Å². The molecule has 2 aromatic carbocycles. The minimum atomic E-state index is -1.10. The lowest BCUT2D eigenvalue weighted by atomic mass is 9.51. The van der Waals surface area contributed by atoms with Gasteiger partial charge in [-0.1, -0.05) is 36.4 Å². The van der Waals surface area contributed by atoms with E-state index in [-0.39, 0.29) is 17.7 Å². The normalized spacial score (nSPS) is 32.7. The van der Waals surface area contributed by atoms with E-state index in [9.17, 15) is 14.8 Å². The standard InChI is InChI=1S/C27H25N3O3/c1-25(2)20-15-26-12-7-13-29(26)24(32)27(20,28-23(26)31)14-19-18-11-6-10-17(16-8-4-3-5-9-16)21(18)30(33)22(19)25/h3-6,8-11,14,20H,7,12-13,15H2,1-2H3,(H,28,31)/t20?,26?,27-/m0/s1. The van der Waals surface area contributed by atoms with Gasteiger partial charge in [-0.05, 0) is 56.9 Å². The number of piperazine rings is 1. The van der Waals surface area contributed by atoms with Gasteiger partial charge in [-0.15, -0.1) is 0 Å². The molecule has 0 aromatic heterocycles. The van der Waals surface area contributed by atoms with Crippen LogP contribution in [0.3, 0.4) is 0 Å². The van der Waals surface area contributed by atoms with Crippen LogP contribution in [0.5, 0.6) is 0 Å². The summed E-state index contributed by atoms with van der Waals surface area (Å²) in [5.41, 5.74) is 2.33. The van der Waals surface area contributed by atoms with E-state index < -0.39 is 16.5 Å². The highest BCUT2D eigenvalue weighted by Gasteiger charge is 2.74. The Morgan fingerprint density at radius 2 is 1.82 bits per heavy atom. The third kappa shape index (κ3) is 2.00. The fourth-order valence-electron chi connectivity index (χ4n) is 7.38. The van der Waals surface area contributed by atoms with Crippen LogP contribution in [0.25, 0.3) is 16.7 Å². The Kier molecular flexibility index (Phi) is 3.32. The van der Waals surface area contributed by atoms with Crippen molar-refractivity contribution < 1.29 is 14.3 Å². The minimum absolute atomic E-state index is 0.0133. The molecule has 6 nitrogen and oxygen atoms in total. The summed E-state index contributed by atoms with van der Waals surface area (Å²) < 4.78 is 1.09. The number of allylic oxidation sites excluding steroid dienone is 1. The van der Waals surface area contributed by atoms with Crippen LogP contribution in [0.1, 0.15) is 38.7 Å². The smallest absolute Gasteiger partial charge is 0.253 e. The molecule has 166 valence electrons. The van der Waals surface area contributed by atoms with Gasteiger partial charge >= 0.3 is 0 Å². The first kappa shape index (κ1) is 19.1. The number of amides is 2. The molecular formula is C27H25N3O3. The fourth-order valence-corrected chi connectivity index (χ4v) is 7.38. The zero-order chi connectivity index (χ0) is 22.8. The average Bonchev–Trinajstić information content (AvgIpc) is 3.36. The van der Waals surface area contributed by atoms with Crippen LogP contribution in [0.4, 0.5) is 5.69 Å². The van der Waals surface area contributed by atoms with Crippen molar-refractivity contribution in [2.45, 2.75) is 44.2 Å². The molecule has 5 heterocycles. The number of nitrogens with one attached hydrogen (secondary N) is 1. The lowest BCUT2D eigenvalue weighted by Gasteiger charge is -2.62. The van der Waals surface area contributed by atoms with Crippen LogP contribution in [0.2, 0.25) is 0 Å². The molecule has 8 rings (SSSR count). The van der Waals surface area contributed by atoms with Crippen molar-refractivity contribution in [3.8, 4) is 11.1 Å². The maximum atomic E-state index is 13.9. The summed E-state index contributed by atoms with van der Waals surface area (Å²) >= 11 is 0. The molecule has 5 aliphatic heterocycles. The SMILES string of the molecule is CC1(C)C2=[N+]([O-])c3c(cccc3-c3ccccc3)C2=C[C@@]23NC(=O)C4(CCCN4C2=O)CC13. The maximum Gasteiger partial charge on any atom is 0.253 e. The number of piperidine rings is 2. The summed E-state index contributed by atoms with van der Waals surface area (Å²) in [5, 5.41) is 17.1. The van der Waals surface area contributed by atoms with Crippen molar-refractivity contribution in [2.24, 2.45) is 11.3 Å². The number of benzene rings is 2. The molecule has 2 spiro atoms. The zero-order valence-corrected chi connectivity index (χ0v) is 18.7. The van der Waals surface area contributed by atoms with Gasteiger partial charge in [0, 0.05) is 12.5 Å². The molecule has 0 radical (unpaired) electrons. The first-order valence-corrected chi connectivity index (χ1v) is 11.7. The van der Waals surface area contributed by atoms with E-state index in [1.807, 2.05) is 59.5 Å². The Hall–Kier alpha value is -3.41. The van der Waals surface area contributed by atoms with E-state index in [0.29, 0.717) is 30.8 Å². The van der Waals surface area contributed by atoms with Gasteiger partial charge in [0.1, 0.15) is 11.1 Å². The lowest BCUT2D eigenvalue weighted by Crippen LogP contribution is -2.83. The molecule has 33 heavy (non-hydrogen) atoms. The highest BCUT2D eigenvalue weighted by atomic mass is 16.5. The monoisotopic (exact) mass is 439 g/mol. The van der Waals surface area contributed by atoms with Crippen molar-refractivity contribution in [1.82, 2.24) is 10.2 Å². The Balaban J connectivity index is 1.51. The Labute approximate surface area is 192 Å². The number of hydrogen-bond donors (Lipinski definition) is 1. The highest BCUT2D eigenvalue weighted by molar-refractivity contribution is 6.30. The van der Waals surface area contributed by atoms with E-state index in [0.717, 1.165) is 33.4 Å². The van der Waals surface area contributed by atoms with E-state index in [1.165, 1.54) is 0 Å². The van der Waals surface area contributed by atoms with Crippen LogP contribution < -0.4 is 5.32 Å². The minimum Gasteiger partial charge on any atom is -0.618 e. The van der Waals surface area contributed by atoms with Gasteiger partial charge in [-0.25, -0.2) is 0 Å². The Morgan fingerprint density at radius 3 is 2.61 bits per heavy atom. The topological polar surface area (TPSA) is 75.5 Å². The van der Waals surface area contributed by atoms with Gasteiger partial charge < -0.3 is 15.4 Å². The highest BCUT2D eigenvalue weighted by Crippen LogP contribution is 2.60. The largest absolute Gasteiger partial charge is 0.618 e. The van der Waals surface area contributed by atoms with Crippen LogP contribution in [0.15, 0.2) is 54.6 Å². The lowest BCUT2D eigenvalue weighted by molar-refractivity contribution is -0.361. The summed E-state index contributed by atoms with van der Waals surface area (Å²) in [6.07, 6.45) is 4.04. The first-order chi connectivity index (χ1) is 15.8. The van der Waals surface area contributed by atoms with E-state index in [4.69, 9.17) is 0 Å². The number of carbonyl (C=O) groups excluding carboxylic acids is 2. The number of fused-ring (bicyclic) bond motifs is 4. The summed E-state index contributed by atoms with van der Waals surface area (Å²) in [7, 11) is 0. The van der Waals surface area contributed by atoms with Crippen LogP contribution >= 0.6 is 0 Å². The molecule has 6 heteroatoms. The number of rotatable bonds is 1. The number of nitrogens with zero attached hydrogens (tertiary/aromatic N) is 2. The third-order valence-corrected chi connectivity index (χ3v) is 8.85. The molecule has 4 fully saturated rings. The first-order valence-electron chi connectivity index (χ1n) is 11.7. The van der Waals surface area contributed by atoms with E-state index >= 15 is 0 Å². The van der Waals surface area contributed by atoms with Gasteiger partial charge in [-0.2, -0.15) is 4.74 Å². The summed E-state index contributed by atoms with van der Waals surface area (Å²) in [6.45, 7) is 4.76. The molecule has 6 aliphatic rings. The van der Waals surface area contributed by atoms with Crippen LogP contribution in [0, 0.1) is 16.5 Å². The van der Waals surface area contributed by atoms with Crippen molar-refractivity contribution in [3.63, 3.8) is 0 Å². The number of carbonyl (C=O) groups is 2. The second kappa shape index (κ2) is 5.74. The molecule has 0 saturated carbocycles. The van der Waals surface area contributed by atoms with Crippen LogP contribution in [-0.2, 0) is 9.59 Å². The van der Waals surface area contributed by atoms with Crippen LogP contribution in [-0.4, -0.2) is 44.8 Å². The molecule has 1 aliphatic carbocycles. The van der Waals surface area contributed by atoms with Crippen molar-refractivity contribution in [2.75, 3.05) is 6.54 Å². The van der Waals surface area contributed by atoms with E-state index in [2.05, 4.69) is 19.2 Å². The summed E-state index contributed by atoms with van der Waals surface area (Å²) in [5.74, 6) is -0.225. The molecule has 2 amide bonds. The Bertz CT molecular complexity index is 1340. The predicted molar refractivity (Wildman–Crippen MR) is 125 cm³/mol. The fraction of sp³-hybridized carbons (Fsp3) is 0.370. The molecule has 4 saturated heterocycles. The van der Waals surface area contributed by atoms with E-state index in [1.54, 1.807) is 0 Å². The Morgan fingerprint density at radius 1 is 1.06 bits per heavy atom. The predicted octanol–water partition coefficient (Wildman–Crippen LogP) is 3.62. The zero-order valence-electron chi connectivity index (χ0n) is 18.7. The van der Waals surface area contributed by atoms with Crippen molar-refractivity contribution >= 4 is 28.8 Å². The third-order valence-electron chi connectivity index (χ3n) is 8.85. The molecule has 2 aromatic rings. The second-order valence-electron chi connectivity index (χ2n) is 10.7. The van der Waals surface area contributed by atoms with Gasteiger partial charge in [0.2, 0.25) is 17.3 Å². The molecule has 2 unspecified atom stereocenters. The van der Waals surface area contributed by atoms with Gasteiger partial charge in [0.05, 0.1) is 22.1 Å². The number of hydrogen-bond acceptors (Lipinski definition) is 3. The van der Waals surface area contributed by atoms with Gasteiger partial charge in [0.15, 0.2) is 0 Å². The molecule has 2 bridgehead atoms. The average molecular weight is 440 g/mol. The summed E-state index contributed by atoms with van der Waals surface area (Å²) in [6, 6.07) is 15.8. The quantitative estimate of drug-likeness (QED) is 0.545. The number of para-hydroxylation sites is 1.